The minimum absolute atomic E-state index is 0.421. The van der Waals surface area contributed by atoms with Crippen molar-refractivity contribution in [1.82, 2.24) is 5.32 Å². The number of thiophene rings is 1. The Hall–Kier alpha value is -0.380. The molecule has 2 rings (SSSR count). The van der Waals surface area contributed by atoms with Crippen LogP contribution >= 0.6 is 11.3 Å². The average molecular weight is 183 g/mol. The Bertz CT molecular complexity index is 259. The highest BCUT2D eigenvalue weighted by atomic mass is 32.1. The molecule has 0 fully saturated rings. The van der Waals surface area contributed by atoms with Gasteiger partial charge in [-0.25, -0.2) is 0 Å². The van der Waals surface area contributed by atoms with Gasteiger partial charge in [0.2, 0.25) is 0 Å². The number of hydrogen-bond acceptors (Lipinski definition) is 3. The smallest absolute Gasteiger partial charge is 0.0658 e. The molecule has 12 heavy (non-hydrogen) atoms. The average Bonchev–Trinajstić information content (AvgIpc) is 2.53. The quantitative estimate of drug-likeness (QED) is 0.751. The summed E-state index contributed by atoms with van der Waals surface area (Å²) < 4.78 is 5.15. The van der Waals surface area contributed by atoms with Gasteiger partial charge in [-0.15, -0.1) is 11.3 Å². The van der Waals surface area contributed by atoms with Crippen LogP contribution in [0.3, 0.4) is 0 Å². The van der Waals surface area contributed by atoms with Crippen LogP contribution in [0.2, 0.25) is 0 Å². The summed E-state index contributed by atoms with van der Waals surface area (Å²) in [6, 6.07) is 2.63. The predicted molar refractivity (Wildman–Crippen MR) is 50.6 cm³/mol. The van der Waals surface area contributed by atoms with Crippen molar-refractivity contribution in [3.63, 3.8) is 0 Å². The molecule has 0 saturated carbocycles. The second-order valence-corrected chi connectivity index (χ2v) is 4.01. The normalized spacial score (nSPS) is 22.2. The molecule has 1 aromatic rings. The fourth-order valence-electron chi connectivity index (χ4n) is 1.65. The van der Waals surface area contributed by atoms with E-state index in [1.807, 2.05) is 11.3 Å². The molecule has 2 heterocycles. The molecule has 0 bridgehead atoms. The van der Waals surface area contributed by atoms with Crippen LogP contribution in [-0.4, -0.2) is 20.3 Å². The molecule has 0 aliphatic carbocycles. The van der Waals surface area contributed by atoms with E-state index in [1.165, 1.54) is 16.9 Å². The molecule has 2 nitrogen and oxygen atoms in total. The molecule has 0 spiro atoms. The van der Waals surface area contributed by atoms with Gasteiger partial charge in [0.25, 0.3) is 0 Å². The summed E-state index contributed by atoms with van der Waals surface area (Å²) in [6.07, 6.45) is 1.17. The Morgan fingerprint density at radius 2 is 2.67 bits per heavy atom. The fourth-order valence-corrected chi connectivity index (χ4v) is 2.59. The lowest BCUT2D eigenvalue weighted by Gasteiger charge is -2.23. The first-order valence-corrected chi connectivity index (χ1v) is 5.08. The molecule has 1 N–H and O–H groups in total. The van der Waals surface area contributed by atoms with E-state index >= 15 is 0 Å². The van der Waals surface area contributed by atoms with E-state index in [-0.39, 0.29) is 0 Å². The van der Waals surface area contributed by atoms with Crippen molar-refractivity contribution < 1.29 is 4.74 Å². The summed E-state index contributed by atoms with van der Waals surface area (Å²) in [6.45, 7) is 1.87. The Kier molecular flexibility index (Phi) is 2.44. The lowest BCUT2D eigenvalue weighted by molar-refractivity contribution is 0.165. The molecule has 1 unspecified atom stereocenters. The number of methoxy groups -OCH3 is 1. The Balaban J connectivity index is 2.19. The Morgan fingerprint density at radius 1 is 1.75 bits per heavy atom. The van der Waals surface area contributed by atoms with Gasteiger partial charge < -0.3 is 10.1 Å². The number of fused-ring (bicyclic) bond motifs is 1. The van der Waals surface area contributed by atoms with Crippen molar-refractivity contribution in [2.24, 2.45) is 0 Å². The molecule has 66 valence electrons. The first-order chi connectivity index (χ1) is 5.92. The molecule has 1 aliphatic heterocycles. The molecule has 0 amide bonds. The SMILES string of the molecule is COCC1NCCc2sccc21. The summed E-state index contributed by atoms with van der Waals surface area (Å²) in [5.41, 5.74) is 1.44. The zero-order valence-corrected chi connectivity index (χ0v) is 7.99. The van der Waals surface area contributed by atoms with Crippen molar-refractivity contribution in [1.29, 1.82) is 0 Å². The highest BCUT2D eigenvalue weighted by Gasteiger charge is 2.19. The van der Waals surface area contributed by atoms with Crippen LogP contribution in [0.15, 0.2) is 11.4 Å². The van der Waals surface area contributed by atoms with E-state index in [1.54, 1.807) is 7.11 Å². The van der Waals surface area contributed by atoms with Crippen LogP contribution in [-0.2, 0) is 11.2 Å². The maximum atomic E-state index is 5.15. The molecular formula is C9H13NOS. The number of hydrogen-bond donors (Lipinski definition) is 1. The number of nitrogens with one attached hydrogen (secondary N) is 1. The van der Waals surface area contributed by atoms with Crippen LogP contribution < -0.4 is 5.32 Å². The maximum absolute atomic E-state index is 5.15. The van der Waals surface area contributed by atoms with E-state index in [0.29, 0.717) is 6.04 Å². The highest BCUT2D eigenvalue weighted by molar-refractivity contribution is 7.10. The first kappa shape index (κ1) is 8.23. The lowest BCUT2D eigenvalue weighted by atomic mass is 10.0. The summed E-state index contributed by atoms with van der Waals surface area (Å²) in [5.74, 6) is 0. The molecule has 0 saturated heterocycles. The molecule has 1 aliphatic rings. The molecular weight excluding hydrogens is 170 g/mol. The minimum Gasteiger partial charge on any atom is -0.383 e. The molecule has 3 heteroatoms. The van der Waals surface area contributed by atoms with Crippen LogP contribution in [0.5, 0.6) is 0 Å². The van der Waals surface area contributed by atoms with E-state index in [4.69, 9.17) is 4.74 Å². The van der Waals surface area contributed by atoms with E-state index in [0.717, 1.165) is 13.2 Å². The largest absolute Gasteiger partial charge is 0.383 e. The van der Waals surface area contributed by atoms with Gasteiger partial charge in [0, 0.05) is 18.5 Å². The van der Waals surface area contributed by atoms with Gasteiger partial charge in [0.05, 0.1) is 12.6 Å². The number of ether oxygens (including phenoxy) is 1. The maximum Gasteiger partial charge on any atom is 0.0658 e. The van der Waals surface area contributed by atoms with Crippen molar-refractivity contribution >= 4 is 11.3 Å². The standard InChI is InChI=1S/C9H13NOS/c1-11-6-8-7-3-5-12-9(7)2-4-10-8/h3,5,8,10H,2,4,6H2,1H3. The summed E-state index contributed by atoms with van der Waals surface area (Å²) >= 11 is 1.86. The summed E-state index contributed by atoms with van der Waals surface area (Å²) in [4.78, 5) is 1.52. The summed E-state index contributed by atoms with van der Waals surface area (Å²) in [7, 11) is 1.75. The molecule has 0 radical (unpaired) electrons. The second-order valence-electron chi connectivity index (χ2n) is 3.01. The van der Waals surface area contributed by atoms with Gasteiger partial charge in [-0.05, 0) is 23.4 Å². The van der Waals surface area contributed by atoms with E-state index in [2.05, 4.69) is 16.8 Å². The zero-order chi connectivity index (χ0) is 8.39. The van der Waals surface area contributed by atoms with Crippen LogP contribution in [0.1, 0.15) is 16.5 Å². The van der Waals surface area contributed by atoms with Crippen LogP contribution in [0, 0.1) is 0 Å². The molecule has 1 aromatic heterocycles. The van der Waals surface area contributed by atoms with Gasteiger partial charge in [-0.1, -0.05) is 0 Å². The summed E-state index contributed by atoms with van der Waals surface area (Å²) in [5, 5.41) is 5.61. The van der Waals surface area contributed by atoms with Crippen LogP contribution in [0.25, 0.3) is 0 Å². The molecule has 1 atom stereocenters. The Labute approximate surface area is 76.6 Å². The lowest BCUT2D eigenvalue weighted by Crippen LogP contribution is -2.31. The van der Waals surface area contributed by atoms with Gasteiger partial charge in [-0.2, -0.15) is 0 Å². The van der Waals surface area contributed by atoms with Crippen LogP contribution in [0.4, 0.5) is 0 Å². The zero-order valence-electron chi connectivity index (χ0n) is 7.17. The third kappa shape index (κ3) is 1.40. The predicted octanol–water partition coefficient (Wildman–Crippen LogP) is 1.58. The van der Waals surface area contributed by atoms with Gasteiger partial charge in [-0.3, -0.25) is 0 Å². The van der Waals surface area contributed by atoms with Gasteiger partial charge >= 0.3 is 0 Å². The molecule has 0 aromatic carbocycles. The third-order valence-corrected chi connectivity index (χ3v) is 3.23. The second kappa shape index (κ2) is 3.56. The number of rotatable bonds is 2. The minimum atomic E-state index is 0.421. The van der Waals surface area contributed by atoms with Crippen molar-refractivity contribution in [2.45, 2.75) is 12.5 Å². The first-order valence-electron chi connectivity index (χ1n) is 4.20. The van der Waals surface area contributed by atoms with Crippen molar-refractivity contribution in [3.8, 4) is 0 Å². The van der Waals surface area contributed by atoms with E-state index in [9.17, 15) is 0 Å². The third-order valence-electron chi connectivity index (χ3n) is 2.23. The van der Waals surface area contributed by atoms with Gasteiger partial charge in [0.1, 0.15) is 0 Å². The van der Waals surface area contributed by atoms with E-state index < -0.39 is 0 Å². The topological polar surface area (TPSA) is 21.3 Å². The monoisotopic (exact) mass is 183 g/mol. The van der Waals surface area contributed by atoms with Crippen molar-refractivity contribution in [3.05, 3.63) is 21.9 Å². The fraction of sp³-hybridized carbons (Fsp3) is 0.556. The van der Waals surface area contributed by atoms with Crippen molar-refractivity contribution in [2.75, 3.05) is 20.3 Å². The van der Waals surface area contributed by atoms with Gasteiger partial charge in [0.15, 0.2) is 0 Å². The Morgan fingerprint density at radius 3 is 3.50 bits per heavy atom. The highest BCUT2D eigenvalue weighted by Crippen LogP contribution is 2.27.